The molecule has 0 radical (unpaired) electrons. The maximum atomic E-state index is 14.1. The number of rotatable bonds is 24. The molecule has 4 aromatic carbocycles. The number of carbonyl (C=O) groups excluding carboxylic acids is 7. The van der Waals surface area contributed by atoms with E-state index in [4.69, 9.17) is 23.9 Å². The number of benzene rings is 4. The van der Waals surface area contributed by atoms with Gasteiger partial charge in [0.2, 0.25) is 23.6 Å². The third-order valence-electron chi connectivity index (χ3n) is 15.3. The van der Waals surface area contributed by atoms with Crippen LogP contribution < -0.4 is 29.6 Å². The lowest BCUT2D eigenvalue weighted by atomic mass is 9.92. The Kier molecular flexibility index (Phi) is 17.9. The molecule has 9 rings (SSSR count). The van der Waals surface area contributed by atoms with Gasteiger partial charge in [-0.1, -0.05) is 58.4 Å². The van der Waals surface area contributed by atoms with Crippen LogP contribution in [-0.2, 0) is 30.6 Å². The van der Waals surface area contributed by atoms with Crippen molar-refractivity contribution < 1.29 is 57.6 Å². The first-order valence-electron chi connectivity index (χ1n) is 27.7. The molecule has 4 aromatic rings. The number of aliphatic hydroxyl groups excluding tert-OH is 1. The maximum Gasteiger partial charge on any atom is 0.260 e. The van der Waals surface area contributed by atoms with Crippen molar-refractivity contribution in [3.8, 4) is 23.0 Å². The largest absolute Gasteiger partial charge is 0.497 e. The zero-order chi connectivity index (χ0) is 57.5. The normalized spacial score (nSPS) is 18.8. The number of ketones is 1. The van der Waals surface area contributed by atoms with Gasteiger partial charge in [0.05, 0.1) is 74.7 Å². The van der Waals surface area contributed by atoms with E-state index in [0.717, 1.165) is 28.0 Å². The average Bonchev–Trinajstić information content (AvgIpc) is 4.23. The molecule has 0 aromatic heterocycles. The standard InChI is InChI=1S/C62H69N7O12/c1-36(2)58(66-56(72)11-8-7-9-20-67-57(73)24-38(4)60(67)75)52(71)23-37(3)59(74)65-44-16-12-39(13-17-44)41-25-46-32-64-51-30-55(54(79-6)28-49(51)62(77)69(46)33-41)81-22-10-21-80-53-29-50-48(27-43(53)35-70)61(76)68-34-42(26-45(68)31-63-50)40-14-18-47(78-5)19-15-40/h12-19,27-34,36-38,45-46,58,70H,7-11,20-26,35H2,1-6H3,(H,65,74)(H,66,72)/t37-,38?,45+,46+,58+/m1/s1. The minimum Gasteiger partial charge on any atom is -0.497 e. The van der Waals surface area contributed by atoms with E-state index < -0.39 is 12.0 Å². The van der Waals surface area contributed by atoms with Crippen LogP contribution in [0.1, 0.15) is 123 Å². The number of Topliss-reactive ketones (excluding diaryl/α,β-unsaturated/α-hetero) is 1. The molecule has 0 aliphatic carbocycles. The van der Waals surface area contributed by atoms with E-state index in [1.807, 2.05) is 62.6 Å². The molecule has 0 spiro atoms. The Balaban J connectivity index is 0.736. The monoisotopic (exact) mass is 1100 g/mol. The first kappa shape index (κ1) is 57.2. The zero-order valence-electron chi connectivity index (χ0n) is 46.6. The number of imide groups is 1. The number of nitrogens with one attached hydrogen (secondary N) is 2. The topological polar surface area (TPSA) is 235 Å². The molecule has 1 fully saturated rings. The van der Waals surface area contributed by atoms with Gasteiger partial charge in [-0.2, -0.15) is 0 Å². The Morgan fingerprint density at radius 3 is 1.86 bits per heavy atom. The van der Waals surface area contributed by atoms with Crippen LogP contribution in [0.2, 0.25) is 0 Å². The smallest absolute Gasteiger partial charge is 0.260 e. The average molecular weight is 1100 g/mol. The number of unbranched alkanes of at least 4 members (excludes halogenated alkanes) is 2. The number of likely N-dealkylation sites (tertiary alicyclic amines) is 1. The van der Waals surface area contributed by atoms with Gasteiger partial charge < -0.3 is 44.5 Å². The summed E-state index contributed by atoms with van der Waals surface area (Å²) in [5.41, 5.74) is 6.36. The maximum absolute atomic E-state index is 14.1. The molecule has 81 heavy (non-hydrogen) atoms. The molecule has 19 heteroatoms. The number of aliphatic hydroxyl groups is 1. The predicted molar refractivity (Wildman–Crippen MR) is 305 cm³/mol. The number of fused-ring (bicyclic) bond motifs is 4. The Morgan fingerprint density at radius 1 is 0.704 bits per heavy atom. The summed E-state index contributed by atoms with van der Waals surface area (Å²) in [6.07, 6.45) is 10.9. The molecule has 5 atom stereocenters. The van der Waals surface area contributed by atoms with Gasteiger partial charge in [-0.05, 0) is 77.4 Å². The van der Waals surface area contributed by atoms with Crippen molar-refractivity contribution in [1.82, 2.24) is 20.0 Å². The van der Waals surface area contributed by atoms with Gasteiger partial charge in [-0.25, -0.2) is 0 Å². The molecule has 6 amide bonds. The molecule has 1 saturated heterocycles. The predicted octanol–water partition coefficient (Wildman–Crippen LogP) is 8.62. The fourth-order valence-electron chi connectivity index (χ4n) is 10.7. The van der Waals surface area contributed by atoms with E-state index in [9.17, 15) is 38.7 Å². The van der Waals surface area contributed by atoms with E-state index in [1.165, 1.54) is 12.0 Å². The van der Waals surface area contributed by atoms with Crippen LogP contribution in [0.3, 0.4) is 0 Å². The summed E-state index contributed by atoms with van der Waals surface area (Å²) in [4.78, 5) is 106. The number of ether oxygens (including phenoxy) is 4. The number of methoxy groups -OCH3 is 2. The minimum absolute atomic E-state index is 0.0668. The number of amides is 6. The Labute approximate surface area is 471 Å². The Hall–Kier alpha value is -8.45. The highest BCUT2D eigenvalue weighted by atomic mass is 16.5. The molecule has 5 aliphatic rings. The van der Waals surface area contributed by atoms with Crippen molar-refractivity contribution in [1.29, 1.82) is 0 Å². The molecular weight excluding hydrogens is 1030 g/mol. The first-order chi connectivity index (χ1) is 39.0. The zero-order valence-corrected chi connectivity index (χ0v) is 46.6. The first-order valence-corrected chi connectivity index (χ1v) is 27.7. The van der Waals surface area contributed by atoms with E-state index in [-0.39, 0.29) is 104 Å². The van der Waals surface area contributed by atoms with Gasteiger partial charge in [0, 0.05) is 105 Å². The second-order valence-corrected chi connectivity index (χ2v) is 21.5. The third kappa shape index (κ3) is 12.9. The fourth-order valence-corrected chi connectivity index (χ4v) is 10.7. The molecule has 0 saturated carbocycles. The molecule has 19 nitrogen and oxygen atoms in total. The lowest BCUT2D eigenvalue weighted by Crippen LogP contribution is -2.45. The van der Waals surface area contributed by atoms with Gasteiger partial charge in [0.25, 0.3) is 11.8 Å². The summed E-state index contributed by atoms with van der Waals surface area (Å²) in [5, 5.41) is 16.1. The van der Waals surface area contributed by atoms with Crippen molar-refractivity contribution in [2.75, 3.05) is 39.3 Å². The minimum atomic E-state index is -0.757. The summed E-state index contributed by atoms with van der Waals surface area (Å²) < 4.78 is 23.3. The van der Waals surface area contributed by atoms with Gasteiger partial charge in [0.1, 0.15) is 11.5 Å². The molecule has 424 valence electrons. The van der Waals surface area contributed by atoms with Crippen molar-refractivity contribution in [2.45, 2.75) is 110 Å². The number of hydrogen-bond acceptors (Lipinski definition) is 14. The highest BCUT2D eigenvalue weighted by Crippen LogP contribution is 2.41. The molecule has 5 aliphatic heterocycles. The third-order valence-corrected chi connectivity index (χ3v) is 15.3. The molecule has 1 unspecified atom stereocenters. The lowest BCUT2D eigenvalue weighted by molar-refractivity contribution is -0.139. The van der Waals surface area contributed by atoms with Crippen molar-refractivity contribution >= 4 is 81.9 Å². The second kappa shape index (κ2) is 25.3. The van der Waals surface area contributed by atoms with E-state index in [1.54, 1.807) is 79.6 Å². The van der Waals surface area contributed by atoms with Crippen LogP contribution in [0.5, 0.6) is 23.0 Å². The van der Waals surface area contributed by atoms with Crippen LogP contribution >= 0.6 is 0 Å². The Bertz CT molecular complexity index is 3220. The highest BCUT2D eigenvalue weighted by molar-refractivity contribution is 6.07. The molecular formula is C62H69N7O12. The number of aliphatic imine (C=N–C) groups is 2. The number of nitrogens with zero attached hydrogens (tertiary/aromatic N) is 5. The molecule has 3 N–H and O–H groups in total. The van der Waals surface area contributed by atoms with Crippen LogP contribution in [0.15, 0.2) is 95.2 Å². The SMILES string of the molecule is COc1ccc(C2=CN3C(=O)c4cc(CO)c(OCCCOc5cc6c(cc5OC)C(=O)N5C=C(c7ccc(NC(=O)[C@H](C)CC(=O)[C@@H](NC(=O)CCCCCN8C(=O)CC(C)C8=O)C(C)C)cc7)C[C@H]5C=N6)cc4N=C[C@@H]3C2)cc1. The molecule has 0 bridgehead atoms. The van der Waals surface area contributed by atoms with Crippen LogP contribution in [0, 0.1) is 17.8 Å². The second-order valence-electron chi connectivity index (χ2n) is 21.5. The van der Waals surface area contributed by atoms with Gasteiger partial charge >= 0.3 is 0 Å². The molecule has 5 heterocycles. The summed E-state index contributed by atoms with van der Waals surface area (Å²) >= 11 is 0. The van der Waals surface area contributed by atoms with Crippen molar-refractivity contribution in [3.63, 3.8) is 0 Å². The van der Waals surface area contributed by atoms with Gasteiger partial charge in [-0.15, -0.1) is 0 Å². The van der Waals surface area contributed by atoms with Crippen molar-refractivity contribution in [3.05, 3.63) is 113 Å². The van der Waals surface area contributed by atoms with Crippen LogP contribution in [0.4, 0.5) is 17.1 Å². The summed E-state index contributed by atoms with van der Waals surface area (Å²) in [5.74, 6) is -0.856. The van der Waals surface area contributed by atoms with Crippen LogP contribution in [0.25, 0.3) is 11.1 Å². The van der Waals surface area contributed by atoms with Crippen molar-refractivity contribution in [2.24, 2.45) is 27.7 Å². The number of carbonyl (C=O) groups is 7. The van der Waals surface area contributed by atoms with E-state index >= 15 is 0 Å². The Morgan fingerprint density at radius 2 is 1.30 bits per heavy atom. The number of hydrogen-bond donors (Lipinski definition) is 3. The van der Waals surface area contributed by atoms with E-state index in [0.29, 0.717) is 96.1 Å². The fraction of sp³-hybridized carbons (Fsp3) is 0.403. The number of anilines is 1. The van der Waals surface area contributed by atoms with Gasteiger partial charge in [-0.3, -0.25) is 48.4 Å². The summed E-state index contributed by atoms with van der Waals surface area (Å²) in [6, 6.07) is 20.2. The summed E-state index contributed by atoms with van der Waals surface area (Å²) in [7, 11) is 3.12. The van der Waals surface area contributed by atoms with E-state index in [2.05, 4.69) is 15.6 Å². The quantitative estimate of drug-likeness (QED) is 0.0442. The lowest BCUT2D eigenvalue weighted by Gasteiger charge is -2.23. The highest BCUT2D eigenvalue weighted by Gasteiger charge is 2.37. The van der Waals surface area contributed by atoms with Crippen LogP contribution in [-0.4, -0.2) is 126 Å². The van der Waals surface area contributed by atoms with Gasteiger partial charge in [0.15, 0.2) is 17.3 Å². The summed E-state index contributed by atoms with van der Waals surface area (Å²) in [6.45, 7) is 7.56.